The van der Waals surface area contributed by atoms with Gasteiger partial charge in [0.05, 0.1) is 12.5 Å². The average molecular weight is 479 g/mol. The maximum atomic E-state index is 13.3. The molecule has 2 amide bonds. The molecule has 3 fully saturated rings. The molecule has 1 aromatic carbocycles. The summed E-state index contributed by atoms with van der Waals surface area (Å²) in [6, 6.07) is 6.82. The Hall–Kier alpha value is -2.67. The number of hydrogen-bond donors (Lipinski definition) is 1. The largest absolute Gasteiger partial charge is 0.398 e. The highest BCUT2D eigenvalue weighted by molar-refractivity contribution is 6.08. The van der Waals surface area contributed by atoms with Gasteiger partial charge < -0.3 is 20.3 Å². The highest BCUT2D eigenvalue weighted by Gasteiger charge is 2.32. The Labute approximate surface area is 208 Å². The van der Waals surface area contributed by atoms with Crippen LogP contribution in [0.5, 0.6) is 0 Å². The van der Waals surface area contributed by atoms with Gasteiger partial charge in [-0.3, -0.25) is 14.6 Å². The van der Waals surface area contributed by atoms with Gasteiger partial charge in [-0.2, -0.15) is 0 Å². The van der Waals surface area contributed by atoms with Crippen LogP contribution in [0.2, 0.25) is 0 Å². The Morgan fingerprint density at radius 1 is 1.09 bits per heavy atom. The second kappa shape index (κ2) is 10.5. The number of nitrogens with two attached hydrogens (primary N) is 1. The number of ether oxygens (including phenoxy) is 1. The van der Waals surface area contributed by atoms with Crippen LogP contribution in [-0.4, -0.2) is 65.7 Å². The molecule has 35 heavy (non-hydrogen) atoms. The number of carbonyl (C=O) groups excluding carboxylic acids is 2. The van der Waals surface area contributed by atoms with Crippen LogP contribution >= 0.6 is 0 Å². The van der Waals surface area contributed by atoms with Gasteiger partial charge in [0.25, 0.3) is 0 Å². The summed E-state index contributed by atoms with van der Waals surface area (Å²) < 4.78 is 5.51. The zero-order valence-electron chi connectivity index (χ0n) is 20.9. The Balaban J connectivity index is 1.49. The molecule has 3 aliphatic heterocycles. The van der Waals surface area contributed by atoms with Gasteiger partial charge in [-0.1, -0.05) is 37.5 Å². The number of rotatable bonds is 3. The first-order valence-electron chi connectivity index (χ1n) is 13.3. The van der Waals surface area contributed by atoms with Crippen molar-refractivity contribution in [3.8, 4) is 0 Å². The predicted molar refractivity (Wildman–Crippen MR) is 137 cm³/mol. The van der Waals surface area contributed by atoms with E-state index in [4.69, 9.17) is 15.5 Å². The van der Waals surface area contributed by atoms with Crippen LogP contribution in [0.3, 0.4) is 0 Å². The first kappa shape index (κ1) is 24.0. The number of likely N-dealkylation sites (tertiary alicyclic amines) is 1. The molecule has 0 aromatic heterocycles. The van der Waals surface area contributed by atoms with E-state index in [1.165, 1.54) is 24.8 Å². The van der Waals surface area contributed by atoms with Crippen molar-refractivity contribution in [2.75, 3.05) is 26.3 Å². The molecule has 3 heterocycles. The maximum Gasteiger partial charge on any atom is 0.227 e. The zero-order valence-corrected chi connectivity index (χ0v) is 20.9. The van der Waals surface area contributed by atoms with E-state index in [9.17, 15) is 9.59 Å². The monoisotopic (exact) mass is 478 g/mol. The second-order valence-electron chi connectivity index (χ2n) is 10.4. The number of amides is 2. The third kappa shape index (κ3) is 5.15. The molecule has 1 saturated carbocycles. The molecule has 0 unspecified atom stereocenters. The van der Waals surface area contributed by atoms with Crippen molar-refractivity contribution in [2.45, 2.75) is 83.3 Å². The van der Waals surface area contributed by atoms with Crippen molar-refractivity contribution in [3.63, 3.8) is 0 Å². The van der Waals surface area contributed by atoms with Gasteiger partial charge in [0.1, 0.15) is 0 Å². The summed E-state index contributed by atoms with van der Waals surface area (Å²) in [5, 5.41) is 0. The van der Waals surface area contributed by atoms with Crippen LogP contribution in [0.25, 0.3) is 5.70 Å². The maximum absolute atomic E-state index is 13.3. The van der Waals surface area contributed by atoms with E-state index in [1.54, 1.807) is 6.92 Å². The van der Waals surface area contributed by atoms with Gasteiger partial charge in [-0.05, 0) is 36.8 Å². The van der Waals surface area contributed by atoms with Crippen LogP contribution in [0, 0.1) is 0 Å². The van der Waals surface area contributed by atoms with Gasteiger partial charge in [0, 0.05) is 74.8 Å². The number of benzene rings is 1. The molecule has 4 aliphatic rings. The Morgan fingerprint density at radius 2 is 1.86 bits per heavy atom. The summed E-state index contributed by atoms with van der Waals surface area (Å²) in [5.41, 5.74) is 12.7. The van der Waals surface area contributed by atoms with Crippen LogP contribution in [-0.2, 0) is 27.3 Å². The molecule has 0 atom stereocenters. The molecule has 0 spiro atoms. The van der Waals surface area contributed by atoms with Crippen LogP contribution in [0.4, 0.5) is 0 Å². The van der Waals surface area contributed by atoms with Crippen molar-refractivity contribution in [1.82, 2.24) is 9.80 Å². The van der Waals surface area contributed by atoms with Crippen molar-refractivity contribution in [1.29, 1.82) is 0 Å². The summed E-state index contributed by atoms with van der Waals surface area (Å²) in [6.45, 7) is 4.88. The number of carbonyl (C=O) groups is 2. The summed E-state index contributed by atoms with van der Waals surface area (Å²) in [4.78, 5) is 34.5. The second-order valence-corrected chi connectivity index (χ2v) is 10.4. The summed E-state index contributed by atoms with van der Waals surface area (Å²) in [6.07, 6.45) is 8.84. The molecular weight excluding hydrogens is 440 g/mol. The molecule has 0 radical (unpaired) electrons. The zero-order chi connectivity index (χ0) is 24.4. The average Bonchev–Trinajstić information content (AvgIpc) is 2.89. The van der Waals surface area contributed by atoms with E-state index in [1.807, 2.05) is 11.0 Å². The highest BCUT2D eigenvalue weighted by Crippen LogP contribution is 2.33. The van der Waals surface area contributed by atoms with E-state index in [2.05, 4.69) is 17.0 Å². The topological polar surface area (TPSA) is 88.2 Å². The molecule has 7 heteroatoms. The lowest BCUT2D eigenvalue weighted by Gasteiger charge is -2.38. The summed E-state index contributed by atoms with van der Waals surface area (Å²) in [7, 11) is 0. The Bertz CT molecular complexity index is 1030. The van der Waals surface area contributed by atoms with Crippen LogP contribution in [0.15, 0.2) is 28.8 Å². The van der Waals surface area contributed by atoms with Gasteiger partial charge in [0.2, 0.25) is 11.8 Å². The first-order chi connectivity index (χ1) is 17.0. The SMILES string of the molecule is CC(=O)N1CCC(=NC2CCOCC2)C(=C(N)c2cccc3c2CC(=O)N(C2CCCCC2)C3)C1. The minimum atomic E-state index is 0.0498. The van der Waals surface area contributed by atoms with E-state index in [0.717, 1.165) is 61.3 Å². The molecule has 7 nitrogen and oxygen atoms in total. The van der Waals surface area contributed by atoms with Crippen molar-refractivity contribution >= 4 is 23.2 Å². The fraction of sp³-hybridized carbons (Fsp3) is 0.607. The van der Waals surface area contributed by atoms with Crippen molar-refractivity contribution in [2.24, 2.45) is 10.7 Å². The van der Waals surface area contributed by atoms with Gasteiger partial charge in [-0.25, -0.2) is 0 Å². The molecule has 2 saturated heterocycles. The fourth-order valence-corrected chi connectivity index (χ4v) is 6.10. The number of aliphatic imine (C=N–C) groups is 1. The summed E-state index contributed by atoms with van der Waals surface area (Å²) >= 11 is 0. The van der Waals surface area contributed by atoms with Gasteiger partial charge in [-0.15, -0.1) is 0 Å². The Kier molecular flexibility index (Phi) is 7.23. The molecule has 0 bridgehead atoms. The molecule has 188 valence electrons. The standard InChI is InChI=1S/C28H38N4O3/c1-19(33)31-13-10-26(30-21-11-14-35-15-12-21)25(18-31)28(29)23-9-5-6-20-17-32(27(34)16-24(20)23)22-7-3-2-4-8-22/h5-6,9,21-22H,2-4,7-8,10-18,29H2,1H3. The quantitative estimate of drug-likeness (QED) is 0.721. The molecule has 1 aliphatic carbocycles. The van der Waals surface area contributed by atoms with E-state index in [0.29, 0.717) is 44.2 Å². The molecule has 5 rings (SSSR count). The lowest BCUT2D eigenvalue weighted by molar-refractivity contribution is -0.135. The molecule has 2 N–H and O–H groups in total. The number of fused-ring (bicyclic) bond motifs is 1. The number of piperidine rings is 1. The number of hydrogen-bond acceptors (Lipinski definition) is 5. The molecule has 1 aromatic rings. The third-order valence-electron chi connectivity index (χ3n) is 8.18. The van der Waals surface area contributed by atoms with Crippen LogP contribution in [0.1, 0.15) is 75.0 Å². The predicted octanol–water partition coefficient (Wildman–Crippen LogP) is 3.45. The Morgan fingerprint density at radius 3 is 2.60 bits per heavy atom. The van der Waals surface area contributed by atoms with E-state index < -0.39 is 0 Å². The lowest BCUT2D eigenvalue weighted by atomic mass is 9.87. The van der Waals surface area contributed by atoms with Crippen LogP contribution < -0.4 is 5.73 Å². The van der Waals surface area contributed by atoms with Gasteiger partial charge in [0.15, 0.2) is 0 Å². The van der Waals surface area contributed by atoms with Gasteiger partial charge >= 0.3 is 0 Å². The minimum Gasteiger partial charge on any atom is -0.398 e. The minimum absolute atomic E-state index is 0.0498. The highest BCUT2D eigenvalue weighted by atomic mass is 16.5. The van der Waals surface area contributed by atoms with E-state index >= 15 is 0 Å². The fourth-order valence-electron chi connectivity index (χ4n) is 6.10. The van der Waals surface area contributed by atoms with E-state index in [-0.39, 0.29) is 17.9 Å². The van der Waals surface area contributed by atoms with Crippen molar-refractivity contribution in [3.05, 3.63) is 40.5 Å². The smallest absolute Gasteiger partial charge is 0.227 e. The first-order valence-corrected chi connectivity index (χ1v) is 13.3. The normalized spacial score (nSPS) is 25.1. The summed E-state index contributed by atoms with van der Waals surface area (Å²) in [5.74, 6) is 0.258. The van der Waals surface area contributed by atoms with Crippen molar-refractivity contribution < 1.29 is 14.3 Å². The third-order valence-corrected chi connectivity index (χ3v) is 8.18. The lowest BCUT2D eigenvalue weighted by Crippen LogP contribution is -2.44. The number of nitrogens with zero attached hydrogens (tertiary/aromatic N) is 3. The molecular formula is C28H38N4O3.